The lowest BCUT2D eigenvalue weighted by Gasteiger charge is -2.59. The van der Waals surface area contributed by atoms with Crippen LogP contribution in [-0.2, 0) is 42.9 Å². The van der Waals surface area contributed by atoms with E-state index in [9.17, 15) is 29.4 Å². The van der Waals surface area contributed by atoms with Crippen LogP contribution in [0.15, 0.2) is 11.6 Å². The van der Waals surface area contributed by atoms with Gasteiger partial charge in [-0.1, -0.05) is 19.4 Å². The van der Waals surface area contributed by atoms with Gasteiger partial charge in [0.15, 0.2) is 17.3 Å². The average Bonchev–Trinajstić information content (AvgIpc) is 3.40. The van der Waals surface area contributed by atoms with Crippen molar-refractivity contribution in [2.75, 3.05) is 0 Å². The number of fused-ring (bicyclic) bond motifs is 1. The van der Waals surface area contributed by atoms with E-state index in [4.69, 9.17) is 23.7 Å². The minimum atomic E-state index is -1.93. The largest absolute Gasteiger partial charge is 0.462 e. The molecule has 0 amide bonds. The molecule has 11 nitrogen and oxygen atoms in total. The maximum absolute atomic E-state index is 12.9. The number of ether oxygens (including phenoxy) is 5. The molecule has 3 fully saturated rings. The predicted molar refractivity (Wildman–Crippen MR) is 134 cm³/mol. The summed E-state index contributed by atoms with van der Waals surface area (Å²) in [5.74, 6) is -3.69. The van der Waals surface area contributed by atoms with Crippen LogP contribution < -0.4 is 0 Å². The van der Waals surface area contributed by atoms with Gasteiger partial charge < -0.3 is 33.9 Å². The van der Waals surface area contributed by atoms with Crippen LogP contribution in [0.25, 0.3) is 0 Å². The summed E-state index contributed by atoms with van der Waals surface area (Å²) >= 11 is 0. The molecule has 2 aliphatic heterocycles. The van der Waals surface area contributed by atoms with Crippen LogP contribution in [0.1, 0.15) is 80.6 Å². The van der Waals surface area contributed by atoms with E-state index in [2.05, 4.69) is 0 Å². The third-order valence-corrected chi connectivity index (χ3v) is 9.23. The summed E-state index contributed by atoms with van der Waals surface area (Å²) in [5.41, 5.74) is -5.58. The highest BCUT2D eigenvalue weighted by molar-refractivity contribution is 5.89. The standard InChI is InChI=1S/C28H40O11/c1-8-9-21(31)37-19-13-18(36-16(4)30)25(5)17(35-15(3)29)11-10-14(2)12-20-28(23(32)22(25)26(19,6)34)27(7,39-28)24(33)38-20/h12,17-20,22-23,32,34H,8-11,13H2,1-7H3/b14-12-/t17-,18+,19?,20+,22-,23-,25+,26+,27+,28+/m1/s1. The summed E-state index contributed by atoms with van der Waals surface area (Å²) in [6.07, 6.45) is -2.79. The number of carbonyl (C=O) groups is 4. The van der Waals surface area contributed by atoms with Crippen molar-refractivity contribution in [2.24, 2.45) is 11.3 Å². The molecule has 1 spiro atoms. The number of aliphatic hydroxyl groups is 2. The van der Waals surface area contributed by atoms with Crippen molar-refractivity contribution in [3.63, 3.8) is 0 Å². The lowest BCUT2D eigenvalue weighted by atomic mass is 9.51. The summed E-state index contributed by atoms with van der Waals surface area (Å²) in [7, 11) is 0. The van der Waals surface area contributed by atoms with Gasteiger partial charge in [-0.05, 0) is 46.1 Å². The highest BCUT2D eigenvalue weighted by Gasteiger charge is 2.87. The lowest BCUT2D eigenvalue weighted by molar-refractivity contribution is -0.274. The van der Waals surface area contributed by atoms with E-state index in [1.165, 1.54) is 27.7 Å². The molecule has 218 valence electrons. The molecule has 1 unspecified atom stereocenters. The van der Waals surface area contributed by atoms with Gasteiger partial charge in [-0.15, -0.1) is 0 Å². The van der Waals surface area contributed by atoms with Crippen molar-refractivity contribution in [1.29, 1.82) is 0 Å². The summed E-state index contributed by atoms with van der Waals surface area (Å²) in [6.45, 7) is 10.8. The van der Waals surface area contributed by atoms with E-state index in [0.717, 1.165) is 5.57 Å². The summed E-state index contributed by atoms with van der Waals surface area (Å²) in [4.78, 5) is 50.2. The Balaban J connectivity index is 1.94. The van der Waals surface area contributed by atoms with Crippen molar-refractivity contribution in [3.8, 4) is 0 Å². The zero-order valence-electron chi connectivity index (χ0n) is 23.6. The number of hydrogen-bond donors (Lipinski definition) is 2. The lowest BCUT2D eigenvalue weighted by Crippen LogP contribution is -2.72. The number of rotatable bonds is 5. The fourth-order valence-corrected chi connectivity index (χ4v) is 7.22. The maximum Gasteiger partial charge on any atom is 0.342 e. The summed E-state index contributed by atoms with van der Waals surface area (Å²) < 4.78 is 29.0. The van der Waals surface area contributed by atoms with E-state index in [1.54, 1.807) is 13.0 Å². The molecule has 0 aromatic carbocycles. The third kappa shape index (κ3) is 4.46. The minimum absolute atomic E-state index is 0.0989. The molecule has 2 heterocycles. The Morgan fingerprint density at radius 3 is 2.23 bits per heavy atom. The van der Waals surface area contributed by atoms with Gasteiger partial charge in [0.1, 0.15) is 23.9 Å². The van der Waals surface area contributed by atoms with E-state index in [-0.39, 0.29) is 19.3 Å². The first-order valence-corrected chi connectivity index (χ1v) is 13.6. The Hall–Kier alpha value is -2.50. The summed E-state index contributed by atoms with van der Waals surface area (Å²) in [6, 6.07) is 0. The van der Waals surface area contributed by atoms with Gasteiger partial charge in [-0.2, -0.15) is 0 Å². The smallest absolute Gasteiger partial charge is 0.342 e. The van der Waals surface area contributed by atoms with Gasteiger partial charge in [-0.25, -0.2) is 4.79 Å². The quantitative estimate of drug-likeness (QED) is 0.222. The molecule has 0 radical (unpaired) electrons. The highest BCUT2D eigenvalue weighted by Crippen LogP contribution is 2.65. The topological polar surface area (TPSA) is 158 Å². The van der Waals surface area contributed by atoms with Gasteiger partial charge in [0.2, 0.25) is 0 Å². The molecule has 39 heavy (non-hydrogen) atoms. The molecule has 1 saturated carbocycles. The van der Waals surface area contributed by atoms with Crippen molar-refractivity contribution >= 4 is 23.9 Å². The SMILES string of the molecule is CCCC(=O)OC1C[C@H](OC(C)=O)[C@@]2(C)[C@@H]([C@@H](O)[C@]34O[C@@]3(C)C(=O)O[C@H]4/C=C(/C)CC[C@H]2OC(C)=O)[C@@]1(C)O. The first-order valence-electron chi connectivity index (χ1n) is 13.6. The second kappa shape index (κ2) is 9.85. The Kier molecular flexibility index (Phi) is 7.45. The Morgan fingerprint density at radius 2 is 1.67 bits per heavy atom. The predicted octanol–water partition coefficient (Wildman–Crippen LogP) is 1.89. The molecule has 0 aromatic rings. The second-order valence-electron chi connectivity index (χ2n) is 12.0. The minimum Gasteiger partial charge on any atom is -0.462 e. The fourth-order valence-electron chi connectivity index (χ4n) is 7.22. The van der Waals surface area contributed by atoms with Crippen molar-refractivity contribution in [3.05, 3.63) is 11.6 Å². The van der Waals surface area contributed by atoms with Crippen LogP contribution in [0, 0.1) is 11.3 Å². The molecule has 4 aliphatic rings. The zero-order chi connectivity index (χ0) is 29.1. The van der Waals surface area contributed by atoms with Crippen molar-refractivity contribution < 1.29 is 53.1 Å². The molecular weight excluding hydrogens is 512 g/mol. The first-order chi connectivity index (χ1) is 18.0. The maximum atomic E-state index is 12.9. The molecule has 2 N–H and O–H groups in total. The zero-order valence-corrected chi connectivity index (χ0v) is 23.6. The number of hydrogen-bond acceptors (Lipinski definition) is 11. The van der Waals surface area contributed by atoms with Crippen LogP contribution in [0.5, 0.6) is 0 Å². The van der Waals surface area contributed by atoms with Crippen LogP contribution in [-0.4, -0.2) is 81.4 Å². The first kappa shape index (κ1) is 29.5. The molecule has 10 atom stereocenters. The summed E-state index contributed by atoms with van der Waals surface area (Å²) in [5, 5.41) is 24.5. The van der Waals surface area contributed by atoms with E-state index in [1.807, 2.05) is 13.8 Å². The molecule has 2 aliphatic carbocycles. The molecule has 0 bridgehead atoms. The Bertz CT molecular complexity index is 1080. The van der Waals surface area contributed by atoms with Gasteiger partial charge >= 0.3 is 23.9 Å². The fraction of sp³-hybridized carbons (Fsp3) is 0.786. The molecule has 0 aromatic heterocycles. The van der Waals surface area contributed by atoms with Gasteiger partial charge in [-0.3, -0.25) is 14.4 Å². The second-order valence-corrected chi connectivity index (χ2v) is 12.0. The molecule has 2 saturated heterocycles. The highest BCUT2D eigenvalue weighted by atomic mass is 16.7. The number of aliphatic hydroxyl groups excluding tert-OH is 1. The van der Waals surface area contributed by atoms with Crippen LogP contribution in [0.4, 0.5) is 0 Å². The number of allylic oxidation sites excluding steroid dienone is 1. The van der Waals surface area contributed by atoms with Crippen LogP contribution >= 0.6 is 0 Å². The van der Waals surface area contributed by atoms with Gasteiger partial charge in [0.25, 0.3) is 0 Å². The van der Waals surface area contributed by atoms with E-state index >= 15 is 0 Å². The number of carbonyl (C=O) groups excluding carboxylic acids is 4. The number of esters is 4. The third-order valence-electron chi connectivity index (χ3n) is 9.23. The van der Waals surface area contributed by atoms with Gasteiger partial charge in [0, 0.05) is 32.6 Å². The number of epoxide rings is 1. The Morgan fingerprint density at radius 1 is 1.05 bits per heavy atom. The van der Waals surface area contributed by atoms with Crippen LogP contribution in [0.3, 0.4) is 0 Å². The van der Waals surface area contributed by atoms with E-state index < -0.39 is 82.5 Å². The van der Waals surface area contributed by atoms with E-state index in [0.29, 0.717) is 12.8 Å². The van der Waals surface area contributed by atoms with Crippen molar-refractivity contribution in [1.82, 2.24) is 0 Å². The Labute approximate surface area is 228 Å². The monoisotopic (exact) mass is 552 g/mol. The molecule has 4 rings (SSSR count). The van der Waals surface area contributed by atoms with Crippen molar-refractivity contribution in [2.45, 2.75) is 128 Å². The van der Waals surface area contributed by atoms with Crippen LogP contribution in [0.2, 0.25) is 0 Å². The normalized spacial score (nSPS) is 46.3. The average molecular weight is 553 g/mol. The molecule has 11 heteroatoms. The van der Waals surface area contributed by atoms with Gasteiger partial charge in [0.05, 0.1) is 11.5 Å². The molecular formula is C28H40O11.